The van der Waals surface area contributed by atoms with Crippen LogP contribution in [0.1, 0.15) is 40.1 Å². The summed E-state index contributed by atoms with van der Waals surface area (Å²) in [5, 5.41) is 6.25. The highest BCUT2D eigenvalue weighted by molar-refractivity contribution is 14.0. The summed E-state index contributed by atoms with van der Waals surface area (Å²) in [7, 11) is 1.80. The smallest absolute Gasteiger partial charge is 0.251 e. The van der Waals surface area contributed by atoms with Crippen molar-refractivity contribution < 1.29 is 9.53 Å². The van der Waals surface area contributed by atoms with Crippen molar-refractivity contribution in [1.29, 1.82) is 0 Å². The summed E-state index contributed by atoms with van der Waals surface area (Å²) < 4.78 is 6.03. The second kappa shape index (κ2) is 11.9. The van der Waals surface area contributed by atoms with Gasteiger partial charge in [0.05, 0.1) is 13.2 Å². The van der Waals surface area contributed by atoms with Crippen LogP contribution in [0.15, 0.2) is 53.5 Å². The molecule has 0 spiro atoms. The molecule has 1 atom stereocenters. The van der Waals surface area contributed by atoms with Crippen molar-refractivity contribution in [3.63, 3.8) is 0 Å². The van der Waals surface area contributed by atoms with E-state index in [1.807, 2.05) is 31.2 Å². The predicted molar refractivity (Wildman–Crippen MR) is 132 cm³/mol. The molecule has 0 aliphatic carbocycles. The maximum atomic E-state index is 11.9. The lowest BCUT2D eigenvalue weighted by Gasteiger charge is -2.35. The van der Waals surface area contributed by atoms with E-state index in [2.05, 4.69) is 51.7 Å². The van der Waals surface area contributed by atoms with Crippen LogP contribution in [0.4, 0.5) is 0 Å². The Morgan fingerprint density at radius 2 is 1.90 bits per heavy atom. The van der Waals surface area contributed by atoms with Crippen LogP contribution in [0.5, 0.6) is 0 Å². The fourth-order valence-corrected chi connectivity index (χ4v) is 3.53. The number of morpholine rings is 1. The molecular formula is C23H31IN4O2. The van der Waals surface area contributed by atoms with Gasteiger partial charge in [-0.15, -0.1) is 24.0 Å². The van der Waals surface area contributed by atoms with E-state index >= 15 is 0 Å². The van der Waals surface area contributed by atoms with Gasteiger partial charge in [-0.3, -0.25) is 9.79 Å². The number of hydrogen-bond donors (Lipinski definition) is 2. The molecule has 7 heteroatoms. The second-order valence-electron chi connectivity index (χ2n) is 7.12. The fourth-order valence-electron chi connectivity index (χ4n) is 3.53. The molecule has 1 amide bonds. The molecule has 1 unspecified atom stereocenters. The number of carbonyl (C=O) groups is 1. The summed E-state index contributed by atoms with van der Waals surface area (Å²) in [6, 6.07) is 16.0. The molecule has 2 aromatic rings. The Labute approximate surface area is 196 Å². The number of benzene rings is 2. The molecule has 1 aliphatic rings. The molecule has 162 valence electrons. The zero-order chi connectivity index (χ0) is 20.6. The number of nitrogens with zero attached hydrogens (tertiary/aromatic N) is 2. The van der Waals surface area contributed by atoms with Gasteiger partial charge in [0.2, 0.25) is 0 Å². The Balaban J connectivity index is 0.00000320. The number of ether oxygens (including phenoxy) is 1. The van der Waals surface area contributed by atoms with E-state index < -0.39 is 0 Å². The largest absolute Gasteiger partial charge is 0.370 e. The number of guanidine groups is 1. The van der Waals surface area contributed by atoms with Crippen molar-refractivity contribution in [2.45, 2.75) is 26.5 Å². The number of carbonyl (C=O) groups excluding carboxylic acids is 1. The minimum atomic E-state index is -0.0432. The SMILES string of the molecule is CCNC(=O)c1ccc(CNC(=NC)N2CCOC(c3ccccc3C)C2)cc1.I. The van der Waals surface area contributed by atoms with E-state index in [9.17, 15) is 4.79 Å². The molecule has 6 nitrogen and oxygen atoms in total. The van der Waals surface area contributed by atoms with E-state index in [1.165, 1.54) is 11.1 Å². The summed E-state index contributed by atoms with van der Waals surface area (Å²) in [4.78, 5) is 18.6. The maximum Gasteiger partial charge on any atom is 0.251 e. The summed E-state index contributed by atoms with van der Waals surface area (Å²) in [6.45, 7) is 7.54. The normalized spacial score (nSPS) is 16.6. The van der Waals surface area contributed by atoms with E-state index in [0.717, 1.165) is 24.6 Å². The summed E-state index contributed by atoms with van der Waals surface area (Å²) in [6.07, 6.45) is 0.0415. The van der Waals surface area contributed by atoms with Crippen LogP contribution in [-0.2, 0) is 11.3 Å². The maximum absolute atomic E-state index is 11.9. The van der Waals surface area contributed by atoms with E-state index in [1.54, 1.807) is 7.05 Å². The Morgan fingerprint density at radius 3 is 2.57 bits per heavy atom. The average Bonchev–Trinajstić information content (AvgIpc) is 2.75. The summed E-state index contributed by atoms with van der Waals surface area (Å²) in [5.41, 5.74) is 4.25. The minimum Gasteiger partial charge on any atom is -0.370 e. The Hall–Kier alpha value is -2.13. The lowest BCUT2D eigenvalue weighted by Crippen LogP contribution is -2.48. The van der Waals surface area contributed by atoms with Crippen LogP contribution in [-0.4, -0.2) is 50.1 Å². The Kier molecular flexibility index (Phi) is 9.58. The van der Waals surface area contributed by atoms with Gasteiger partial charge in [-0.1, -0.05) is 36.4 Å². The monoisotopic (exact) mass is 522 g/mol. The highest BCUT2D eigenvalue weighted by Crippen LogP contribution is 2.25. The first-order valence-electron chi connectivity index (χ1n) is 10.1. The van der Waals surface area contributed by atoms with Gasteiger partial charge in [0, 0.05) is 32.2 Å². The highest BCUT2D eigenvalue weighted by atomic mass is 127. The standard InChI is InChI=1S/C23H30N4O2.HI/c1-4-25-22(28)19-11-9-18(10-12-19)15-26-23(24-3)27-13-14-29-21(16-27)20-8-6-5-7-17(20)2;/h5-12,21H,4,13-16H2,1-3H3,(H,24,26)(H,25,28);1H. The molecule has 1 aliphatic heterocycles. The first kappa shape index (κ1) is 24.1. The topological polar surface area (TPSA) is 66.0 Å². The van der Waals surface area contributed by atoms with Gasteiger partial charge in [-0.25, -0.2) is 0 Å². The van der Waals surface area contributed by atoms with Crippen molar-refractivity contribution in [2.24, 2.45) is 4.99 Å². The molecule has 0 bridgehead atoms. The number of amides is 1. The van der Waals surface area contributed by atoms with E-state index in [-0.39, 0.29) is 36.0 Å². The van der Waals surface area contributed by atoms with Crippen molar-refractivity contribution in [2.75, 3.05) is 33.3 Å². The molecule has 2 aromatic carbocycles. The van der Waals surface area contributed by atoms with Crippen molar-refractivity contribution in [3.8, 4) is 0 Å². The minimum absolute atomic E-state index is 0. The van der Waals surface area contributed by atoms with Gasteiger partial charge in [-0.2, -0.15) is 0 Å². The highest BCUT2D eigenvalue weighted by Gasteiger charge is 2.25. The molecule has 0 radical (unpaired) electrons. The zero-order valence-corrected chi connectivity index (χ0v) is 20.2. The number of aliphatic imine (C=N–C) groups is 1. The number of hydrogen-bond acceptors (Lipinski definition) is 3. The number of rotatable bonds is 5. The van der Waals surface area contributed by atoms with Crippen molar-refractivity contribution in [3.05, 3.63) is 70.8 Å². The Bertz CT molecular complexity index is 855. The predicted octanol–water partition coefficient (Wildman–Crippen LogP) is 3.51. The van der Waals surface area contributed by atoms with Gasteiger partial charge in [0.25, 0.3) is 5.91 Å². The first-order valence-corrected chi connectivity index (χ1v) is 10.1. The van der Waals surface area contributed by atoms with Gasteiger partial charge in [0.15, 0.2) is 5.96 Å². The molecule has 30 heavy (non-hydrogen) atoms. The quantitative estimate of drug-likeness (QED) is 0.359. The molecule has 1 fully saturated rings. The van der Waals surface area contributed by atoms with Crippen LogP contribution in [0, 0.1) is 6.92 Å². The van der Waals surface area contributed by atoms with Gasteiger partial charge in [0.1, 0.15) is 6.10 Å². The van der Waals surface area contributed by atoms with E-state index in [0.29, 0.717) is 25.3 Å². The van der Waals surface area contributed by atoms with Gasteiger partial charge >= 0.3 is 0 Å². The van der Waals surface area contributed by atoms with Crippen LogP contribution in [0.2, 0.25) is 0 Å². The number of halogens is 1. The fraction of sp³-hybridized carbons (Fsp3) is 0.391. The third kappa shape index (κ3) is 6.18. The van der Waals surface area contributed by atoms with Crippen LogP contribution >= 0.6 is 24.0 Å². The lowest BCUT2D eigenvalue weighted by atomic mass is 10.0. The van der Waals surface area contributed by atoms with E-state index in [4.69, 9.17) is 4.74 Å². The molecule has 1 saturated heterocycles. The summed E-state index contributed by atoms with van der Waals surface area (Å²) in [5.74, 6) is 0.818. The summed E-state index contributed by atoms with van der Waals surface area (Å²) >= 11 is 0. The van der Waals surface area contributed by atoms with Gasteiger partial charge in [-0.05, 0) is 42.7 Å². The molecule has 0 saturated carbocycles. The number of aryl methyl sites for hydroxylation is 1. The first-order chi connectivity index (χ1) is 14.1. The zero-order valence-electron chi connectivity index (χ0n) is 17.9. The molecule has 1 heterocycles. The van der Waals surface area contributed by atoms with Crippen molar-refractivity contribution in [1.82, 2.24) is 15.5 Å². The molecule has 0 aromatic heterocycles. The van der Waals surface area contributed by atoms with Gasteiger partial charge < -0.3 is 20.3 Å². The molecule has 2 N–H and O–H groups in total. The molecule has 3 rings (SSSR count). The van der Waals surface area contributed by atoms with Crippen LogP contribution in [0.25, 0.3) is 0 Å². The van der Waals surface area contributed by atoms with Crippen LogP contribution < -0.4 is 10.6 Å². The number of nitrogens with one attached hydrogen (secondary N) is 2. The molecular weight excluding hydrogens is 491 g/mol. The third-order valence-corrected chi connectivity index (χ3v) is 5.12. The second-order valence-corrected chi connectivity index (χ2v) is 7.12. The average molecular weight is 522 g/mol. The lowest BCUT2D eigenvalue weighted by molar-refractivity contribution is -0.00833. The van der Waals surface area contributed by atoms with Crippen LogP contribution in [0.3, 0.4) is 0 Å². The third-order valence-electron chi connectivity index (χ3n) is 5.12. The van der Waals surface area contributed by atoms with Crippen molar-refractivity contribution >= 4 is 35.8 Å². The Morgan fingerprint density at radius 1 is 1.17 bits per heavy atom.